The largest absolute Gasteiger partial charge is 0.488 e. The Morgan fingerprint density at radius 1 is 1.11 bits per heavy atom. The van der Waals surface area contributed by atoms with Crippen LogP contribution in [0.1, 0.15) is 5.56 Å². The van der Waals surface area contributed by atoms with Crippen molar-refractivity contribution < 1.29 is 4.74 Å². The predicted molar refractivity (Wildman–Crippen MR) is 117 cm³/mol. The molecule has 0 aliphatic rings. The molecule has 0 bridgehead atoms. The van der Waals surface area contributed by atoms with E-state index in [-0.39, 0.29) is 25.0 Å². The summed E-state index contributed by atoms with van der Waals surface area (Å²) in [5.41, 5.74) is 13.1. The second-order valence-electron chi connectivity index (χ2n) is 5.65. The smallest absolute Gasteiger partial charge is 0.221 e. The van der Waals surface area contributed by atoms with Gasteiger partial charge in [0.1, 0.15) is 23.0 Å². The standard InChI is InChI=1S/C18H16N6OS2.ClH/c1-26-18-22-7-10-6-14(27-16(10)24-18)12-4-2-3-5-13(12)25-9-11-8-21-17(20)23-15(11)19;/h2-8H,9H2,1H3,(H4,19,20,21,23);1H. The molecule has 0 saturated heterocycles. The van der Waals surface area contributed by atoms with Gasteiger partial charge in [-0.15, -0.1) is 23.7 Å². The molecule has 0 aliphatic heterocycles. The third-order valence-electron chi connectivity index (χ3n) is 3.89. The van der Waals surface area contributed by atoms with Crippen LogP contribution in [0, 0.1) is 0 Å². The minimum Gasteiger partial charge on any atom is -0.488 e. The number of nitrogens with two attached hydrogens (primary N) is 2. The van der Waals surface area contributed by atoms with Gasteiger partial charge in [0.15, 0.2) is 5.16 Å². The van der Waals surface area contributed by atoms with Crippen molar-refractivity contribution in [3.63, 3.8) is 0 Å². The fourth-order valence-electron chi connectivity index (χ4n) is 2.54. The summed E-state index contributed by atoms with van der Waals surface area (Å²) in [5, 5.41) is 1.78. The summed E-state index contributed by atoms with van der Waals surface area (Å²) >= 11 is 3.14. The van der Waals surface area contributed by atoms with E-state index < -0.39 is 0 Å². The summed E-state index contributed by atoms with van der Waals surface area (Å²) < 4.78 is 6.00. The fraction of sp³-hybridized carbons (Fsp3) is 0.111. The number of para-hydroxylation sites is 1. The van der Waals surface area contributed by atoms with Crippen LogP contribution in [0.25, 0.3) is 20.7 Å². The summed E-state index contributed by atoms with van der Waals surface area (Å²) in [6.07, 6.45) is 5.40. The summed E-state index contributed by atoms with van der Waals surface area (Å²) in [7, 11) is 0. The lowest BCUT2D eigenvalue weighted by Gasteiger charge is -2.11. The number of hydrogen-bond acceptors (Lipinski definition) is 9. The van der Waals surface area contributed by atoms with Crippen molar-refractivity contribution >= 4 is 57.5 Å². The minimum absolute atomic E-state index is 0. The Labute approximate surface area is 176 Å². The Morgan fingerprint density at radius 2 is 1.93 bits per heavy atom. The maximum atomic E-state index is 6.00. The number of aromatic nitrogens is 4. The highest BCUT2D eigenvalue weighted by Gasteiger charge is 2.12. The lowest BCUT2D eigenvalue weighted by molar-refractivity contribution is 0.307. The minimum atomic E-state index is 0. The summed E-state index contributed by atoms with van der Waals surface area (Å²) in [6, 6.07) is 9.93. The first-order valence-corrected chi connectivity index (χ1v) is 10.1. The third kappa shape index (κ3) is 4.11. The van der Waals surface area contributed by atoms with Crippen molar-refractivity contribution in [1.82, 2.24) is 19.9 Å². The molecule has 0 unspecified atom stereocenters. The zero-order valence-electron chi connectivity index (χ0n) is 14.8. The van der Waals surface area contributed by atoms with E-state index in [1.54, 1.807) is 17.5 Å². The fourth-order valence-corrected chi connectivity index (χ4v) is 3.98. The van der Waals surface area contributed by atoms with Crippen LogP contribution < -0.4 is 16.2 Å². The molecule has 0 spiro atoms. The van der Waals surface area contributed by atoms with E-state index in [4.69, 9.17) is 16.2 Å². The van der Waals surface area contributed by atoms with Crippen LogP contribution in [0.4, 0.5) is 11.8 Å². The third-order valence-corrected chi connectivity index (χ3v) is 5.53. The molecular formula is C18H17ClN6OS2. The quantitative estimate of drug-likeness (QED) is 0.359. The first-order valence-electron chi connectivity index (χ1n) is 8.03. The highest BCUT2D eigenvalue weighted by Crippen LogP contribution is 2.38. The number of nitrogen functional groups attached to an aromatic ring is 2. The molecule has 0 amide bonds. The summed E-state index contributed by atoms with van der Waals surface area (Å²) in [4.78, 5) is 18.9. The molecule has 4 rings (SSSR count). The molecule has 4 aromatic rings. The van der Waals surface area contributed by atoms with Crippen molar-refractivity contribution in [2.75, 3.05) is 17.7 Å². The number of fused-ring (bicyclic) bond motifs is 1. The van der Waals surface area contributed by atoms with Gasteiger partial charge in [-0.3, -0.25) is 0 Å². The monoisotopic (exact) mass is 432 g/mol. The second kappa shape index (κ2) is 8.59. The SMILES string of the molecule is CSc1ncc2cc(-c3ccccc3OCc3cnc(N)nc3N)sc2n1.Cl. The maximum Gasteiger partial charge on any atom is 0.221 e. The Kier molecular flexibility index (Phi) is 6.18. The molecule has 4 N–H and O–H groups in total. The molecule has 0 aliphatic carbocycles. The molecule has 0 radical (unpaired) electrons. The Morgan fingerprint density at radius 3 is 2.71 bits per heavy atom. The van der Waals surface area contributed by atoms with Gasteiger partial charge in [0.25, 0.3) is 0 Å². The van der Waals surface area contributed by atoms with Crippen LogP contribution in [0.2, 0.25) is 0 Å². The summed E-state index contributed by atoms with van der Waals surface area (Å²) in [6.45, 7) is 0.254. The number of thiophene rings is 1. The van der Waals surface area contributed by atoms with Gasteiger partial charge in [-0.25, -0.2) is 15.0 Å². The Balaban J connectivity index is 0.00000225. The van der Waals surface area contributed by atoms with Gasteiger partial charge in [-0.2, -0.15) is 4.98 Å². The molecule has 1 aromatic carbocycles. The van der Waals surface area contributed by atoms with Crippen molar-refractivity contribution in [2.24, 2.45) is 0 Å². The molecule has 0 atom stereocenters. The van der Waals surface area contributed by atoms with Crippen LogP contribution in [0.3, 0.4) is 0 Å². The molecule has 7 nitrogen and oxygen atoms in total. The molecule has 0 fully saturated rings. The van der Waals surface area contributed by atoms with Crippen LogP contribution in [-0.4, -0.2) is 26.2 Å². The number of anilines is 2. The van der Waals surface area contributed by atoms with E-state index in [9.17, 15) is 0 Å². The van der Waals surface area contributed by atoms with Crippen LogP contribution in [0.5, 0.6) is 5.75 Å². The summed E-state index contributed by atoms with van der Waals surface area (Å²) in [5.74, 6) is 1.22. The van der Waals surface area contributed by atoms with Crippen molar-refractivity contribution in [1.29, 1.82) is 0 Å². The first-order chi connectivity index (χ1) is 13.1. The normalized spacial score (nSPS) is 10.6. The molecule has 28 heavy (non-hydrogen) atoms. The first kappa shape index (κ1) is 20.1. The Hall–Kier alpha value is -2.62. The number of ether oxygens (including phenoxy) is 1. The number of rotatable bonds is 5. The van der Waals surface area contributed by atoms with Gasteiger partial charge in [-0.1, -0.05) is 23.9 Å². The zero-order chi connectivity index (χ0) is 18.8. The van der Waals surface area contributed by atoms with E-state index in [0.717, 1.165) is 31.6 Å². The van der Waals surface area contributed by atoms with Crippen LogP contribution >= 0.6 is 35.5 Å². The van der Waals surface area contributed by atoms with Crippen molar-refractivity contribution in [3.8, 4) is 16.2 Å². The van der Waals surface area contributed by atoms with Crippen LogP contribution in [-0.2, 0) is 6.61 Å². The second-order valence-corrected chi connectivity index (χ2v) is 7.46. The number of benzene rings is 1. The van der Waals surface area contributed by atoms with E-state index in [0.29, 0.717) is 11.4 Å². The van der Waals surface area contributed by atoms with E-state index in [2.05, 4.69) is 26.0 Å². The van der Waals surface area contributed by atoms with Gasteiger partial charge in [-0.05, 0) is 24.5 Å². The topological polar surface area (TPSA) is 113 Å². The van der Waals surface area contributed by atoms with Gasteiger partial charge in [0.2, 0.25) is 5.95 Å². The molecule has 10 heteroatoms. The maximum absolute atomic E-state index is 6.00. The zero-order valence-corrected chi connectivity index (χ0v) is 17.3. The average molecular weight is 433 g/mol. The van der Waals surface area contributed by atoms with Crippen molar-refractivity contribution in [3.05, 3.63) is 48.3 Å². The molecule has 0 saturated carbocycles. The molecule has 3 aromatic heterocycles. The van der Waals surface area contributed by atoms with Gasteiger partial charge in [0, 0.05) is 28.2 Å². The lowest BCUT2D eigenvalue weighted by atomic mass is 10.1. The predicted octanol–water partition coefficient (Wildman–Crippen LogP) is 4.04. The lowest BCUT2D eigenvalue weighted by Crippen LogP contribution is -2.06. The van der Waals surface area contributed by atoms with Crippen molar-refractivity contribution in [2.45, 2.75) is 11.8 Å². The molecule has 144 valence electrons. The van der Waals surface area contributed by atoms with E-state index in [1.165, 1.54) is 11.8 Å². The highest BCUT2D eigenvalue weighted by molar-refractivity contribution is 7.98. The number of hydrogen-bond donors (Lipinski definition) is 2. The average Bonchev–Trinajstić information content (AvgIpc) is 3.10. The number of thioether (sulfide) groups is 1. The van der Waals surface area contributed by atoms with Gasteiger partial charge in [0.05, 0.1) is 5.56 Å². The number of halogens is 1. The van der Waals surface area contributed by atoms with Gasteiger partial charge >= 0.3 is 0 Å². The molecular weight excluding hydrogens is 416 g/mol. The highest BCUT2D eigenvalue weighted by atomic mass is 35.5. The Bertz CT molecular complexity index is 1120. The van der Waals surface area contributed by atoms with Gasteiger partial charge < -0.3 is 16.2 Å². The van der Waals surface area contributed by atoms with E-state index in [1.807, 2.05) is 36.7 Å². The van der Waals surface area contributed by atoms with E-state index >= 15 is 0 Å². The molecule has 3 heterocycles. The van der Waals surface area contributed by atoms with Crippen LogP contribution in [0.15, 0.2) is 47.9 Å². The number of nitrogens with zero attached hydrogens (tertiary/aromatic N) is 4.